The molecule has 0 N–H and O–H groups in total. The minimum atomic E-state index is -0.513. The van der Waals surface area contributed by atoms with Crippen LogP contribution in [-0.2, 0) is 16.1 Å². The zero-order valence-corrected chi connectivity index (χ0v) is 18.0. The van der Waals surface area contributed by atoms with E-state index >= 15 is 0 Å². The molecule has 8 heteroatoms. The minimum Gasteiger partial charge on any atom is -0.497 e. The summed E-state index contributed by atoms with van der Waals surface area (Å²) in [4.78, 5) is 16.5. The molecule has 0 atom stereocenters. The molecule has 0 radical (unpaired) electrons. The lowest BCUT2D eigenvalue weighted by atomic mass is 10.2. The van der Waals surface area contributed by atoms with E-state index in [2.05, 4.69) is 15.2 Å². The second kappa shape index (κ2) is 9.30. The van der Waals surface area contributed by atoms with E-state index in [1.54, 1.807) is 25.3 Å². The van der Waals surface area contributed by atoms with Gasteiger partial charge < -0.3 is 14.0 Å². The van der Waals surface area contributed by atoms with Gasteiger partial charge in [0.25, 0.3) is 5.89 Å². The average Bonchev–Trinajstić information content (AvgIpc) is 3.41. The summed E-state index contributed by atoms with van der Waals surface area (Å²) < 4.78 is 17.4. The molecule has 0 amide bonds. The number of aryl methyl sites for hydroxylation is 1. The molecule has 0 unspecified atom stereocenters. The molecule has 4 rings (SSSR count). The number of benzene rings is 2. The minimum absolute atomic E-state index is 0.117. The molecule has 0 aliphatic carbocycles. The first-order valence-corrected chi connectivity index (χ1v) is 9.98. The highest BCUT2D eigenvalue weighted by Crippen LogP contribution is 2.21. The maximum atomic E-state index is 12.2. The summed E-state index contributed by atoms with van der Waals surface area (Å²) in [5.74, 6) is 0.842. The van der Waals surface area contributed by atoms with Gasteiger partial charge in [0.1, 0.15) is 5.75 Å². The van der Waals surface area contributed by atoms with Gasteiger partial charge in [-0.05, 0) is 56.3 Å². The predicted octanol–water partition coefficient (Wildman–Crippen LogP) is 4.30. The van der Waals surface area contributed by atoms with E-state index in [0.717, 1.165) is 34.0 Å². The first kappa shape index (κ1) is 21.0. The van der Waals surface area contributed by atoms with E-state index in [-0.39, 0.29) is 12.5 Å². The number of hydrogen-bond donors (Lipinski definition) is 0. The number of aromatic nitrogens is 4. The maximum Gasteiger partial charge on any atom is 0.331 e. The summed E-state index contributed by atoms with van der Waals surface area (Å²) in [5, 5.41) is 8.49. The number of para-hydroxylation sites is 1. The molecular weight excluding hydrogens is 408 g/mol. The third kappa shape index (κ3) is 4.59. The summed E-state index contributed by atoms with van der Waals surface area (Å²) in [6.07, 6.45) is 3.07. The van der Waals surface area contributed by atoms with Gasteiger partial charge in [0, 0.05) is 22.9 Å². The van der Waals surface area contributed by atoms with E-state index in [1.165, 1.54) is 6.08 Å². The van der Waals surface area contributed by atoms with Crippen LogP contribution >= 0.6 is 0 Å². The van der Waals surface area contributed by atoms with Crippen LogP contribution in [0.15, 0.2) is 65.2 Å². The standard InChI is InChI=1S/C24H22N4O4/c1-16-21(17(2)28(26-16)19-7-5-4-6-8-19)13-14-23(29)31-15-22-25-24(27-32-22)18-9-11-20(30-3)12-10-18/h4-14H,15H2,1-3H3/b14-13+. The number of methoxy groups -OCH3 is 1. The van der Waals surface area contributed by atoms with E-state index < -0.39 is 5.97 Å². The van der Waals surface area contributed by atoms with Crippen molar-refractivity contribution in [3.05, 3.63) is 83.5 Å². The number of nitrogens with zero attached hydrogens (tertiary/aromatic N) is 4. The fourth-order valence-electron chi connectivity index (χ4n) is 3.22. The molecule has 2 aromatic carbocycles. The summed E-state index contributed by atoms with van der Waals surface area (Å²) >= 11 is 0. The Bertz CT molecular complexity index is 1240. The van der Waals surface area contributed by atoms with Crippen LogP contribution in [0.2, 0.25) is 0 Å². The molecule has 4 aromatic rings. The Morgan fingerprint density at radius 2 is 1.84 bits per heavy atom. The highest BCUT2D eigenvalue weighted by atomic mass is 16.6. The second-order valence-corrected chi connectivity index (χ2v) is 7.01. The van der Waals surface area contributed by atoms with Gasteiger partial charge in [0.15, 0.2) is 6.61 Å². The Balaban J connectivity index is 1.38. The molecule has 0 aliphatic heterocycles. The van der Waals surface area contributed by atoms with E-state index in [1.807, 2.05) is 61.0 Å². The van der Waals surface area contributed by atoms with Gasteiger partial charge in [-0.2, -0.15) is 10.1 Å². The van der Waals surface area contributed by atoms with Crippen molar-refractivity contribution in [3.8, 4) is 22.8 Å². The van der Waals surface area contributed by atoms with Crippen molar-refractivity contribution in [2.75, 3.05) is 7.11 Å². The van der Waals surface area contributed by atoms with Gasteiger partial charge in [-0.1, -0.05) is 23.4 Å². The first-order valence-electron chi connectivity index (χ1n) is 9.98. The smallest absolute Gasteiger partial charge is 0.331 e. The Kier molecular flexibility index (Phi) is 6.12. The molecule has 2 heterocycles. The van der Waals surface area contributed by atoms with Gasteiger partial charge in [0.2, 0.25) is 5.82 Å². The molecule has 0 aliphatic rings. The normalized spacial score (nSPS) is 11.1. The average molecular weight is 430 g/mol. The monoisotopic (exact) mass is 430 g/mol. The molecule has 0 fully saturated rings. The van der Waals surface area contributed by atoms with Crippen LogP contribution in [-0.4, -0.2) is 33.0 Å². The molecule has 8 nitrogen and oxygen atoms in total. The van der Waals surface area contributed by atoms with Gasteiger partial charge in [0.05, 0.1) is 18.5 Å². The maximum absolute atomic E-state index is 12.2. The van der Waals surface area contributed by atoms with Crippen LogP contribution in [0.5, 0.6) is 5.75 Å². The summed E-state index contributed by atoms with van der Waals surface area (Å²) in [5.41, 5.74) is 4.34. The van der Waals surface area contributed by atoms with E-state index in [0.29, 0.717) is 5.82 Å². The Morgan fingerprint density at radius 3 is 2.56 bits per heavy atom. The van der Waals surface area contributed by atoms with Crippen LogP contribution in [0.25, 0.3) is 23.2 Å². The van der Waals surface area contributed by atoms with Crippen LogP contribution < -0.4 is 4.74 Å². The summed E-state index contributed by atoms with van der Waals surface area (Å²) in [6, 6.07) is 17.1. The van der Waals surface area contributed by atoms with Crippen molar-refractivity contribution in [3.63, 3.8) is 0 Å². The number of ether oxygens (including phenoxy) is 2. The Hall–Kier alpha value is -4.20. The first-order chi connectivity index (χ1) is 15.5. The molecule has 32 heavy (non-hydrogen) atoms. The molecule has 0 bridgehead atoms. The fraction of sp³-hybridized carbons (Fsp3) is 0.167. The zero-order chi connectivity index (χ0) is 22.5. The fourth-order valence-corrected chi connectivity index (χ4v) is 3.22. The zero-order valence-electron chi connectivity index (χ0n) is 18.0. The second-order valence-electron chi connectivity index (χ2n) is 7.01. The summed E-state index contributed by atoms with van der Waals surface area (Å²) in [7, 11) is 1.60. The topological polar surface area (TPSA) is 92.3 Å². The van der Waals surface area contributed by atoms with Gasteiger partial charge in [-0.25, -0.2) is 9.48 Å². The van der Waals surface area contributed by atoms with Crippen molar-refractivity contribution in [2.45, 2.75) is 20.5 Å². The van der Waals surface area contributed by atoms with E-state index in [9.17, 15) is 4.79 Å². The molecule has 2 aromatic heterocycles. The predicted molar refractivity (Wildman–Crippen MR) is 118 cm³/mol. The molecule has 0 saturated carbocycles. The molecule has 0 spiro atoms. The number of carbonyl (C=O) groups is 1. The lowest BCUT2D eigenvalue weighted by Crippen LogP contribution is -2.01. The van der Waals surface area contributed by atoms with E-state index in [4.69, 9.17) is 14.0 Å². The molecule has 0 saturated heterocycles. The van der Waals surface area contributed by atoms with Crippen molar-refractivity contribution in [1.82, 2.24) is 19.9 Å². The summed E-state index contributed by atoms with van der Waals surface area (Å²) in [6.45, 7) is 3.74. The molecule has 162 valence electrons. The largest absolute Gasteiger partial charge is 0.497 e. The van der Waals surface area contributed by atoms with Crippen molar-refractivity contribution >= 4 is 12.0 Å². The van der Waals surface area contributed by atoms with Gasteiger partial charge in [-0.15, -0.1) is 0 Å². The highest BCUT2D eigenvalue weighted by Gasteiger charge is 2.13. The van der Waals surface area contributed by atoms with Crippen LogP contribution in [0, 0.1) is 13.8 Å². The molecular formula is C24H22N4O4. The quantitative estimate of drug-likeness (QED) is 0.319. The van der Waals surface area contributed by atoms with Gasteiger partial charge in [-0.3, -0.25) is 0 Å². The highest BCUT2D eigenvalue weighted by molar-refractivity contribution is 5.87. The van der Waals surface area contributed by atoms with Crippen LogP contribution in [0.4, 0.5) is 0 Å². The van der Waals surface area contributed by atoms with Crippen molar-refractivity contribution in [1.29, 1.82) is 0 Å². The Morgan fingerprint density at radius 1 is 1.09 bits per heavy atom. The van der Waals surface area contributed by atoms with Gasteiger partial charge >= 0.3 is 5.97 Å². The Labute approximate surface area is 185 Å². The van der Waals surface area contributed by atoms with Crippen molar-refractivity contribution < 1.29 is 18.8 Å². The third-order valence-electron chi connectivity index (χ3n) is 4.89. The van der Waals surface area contributed by atoms with Crippen molar-refractivity contribution in [2.24, 2.45) is 0 Å². The van der Waals surface area contributed by atoms with Crippen LogP contribution in [0.3, 0.4) is 0 Å². The third-order valence-corrected chi connectivity index (χ3v) is 4.89. The number of carbonyl (C=O) groups excluding carboxylic acids is 1. The SMILES string of the molecule is COc1ccc(-c2noc(COC(=O)/C=C/c3c(C)nn(-c4ccccc4)c3C)n2)cc1. The number of esters is 1. The van der Waals surface area contributed by atoms with Crippen LogP contribution in [0.1, 0.15) is 22.8 Å². The number of rotatable bonds is 7. The lowest BCUT2D eigenvalue weighted by molar-refractivity contribution is -0.139. The number of hydrogen-bond acceptors (Lipinski definition) is 7. The lowest BCUT2D eigenvalue weighted by Gasteiger charge is -2.03.